The number of nitrogens with one attached hydrogen (secondary N) is 1. The van der Waals surface area contributed by atoms with Crippen LogP contribution in [0.4, 0.5) is 5.69 Å². The Bertz CT molecular complexity index is 848. The molecule has 8 nitrogen and oxygen atoms in total. The largest absolute Gasteiger partial charge is 0.369 e. The van der Waals surface area contributed by atoms with Crippen molar-refractivity contribution in [2.45, 2.75) is 44.9 Å². The number of likely N-dealkylation sites (N-methyl/N-ethyl adjacent to an activating group) is 1. The third kappa shape index (κ3) is 4.81. The van der Waals surface area contributed by atoms with Gasteiger partial charge in [-0.05, 0) is 50.1 Å². The fourth-order valence-corrected chi connectivity index (χ4v) is 4.86. The highest BCUT2D eigenvalue weighted by Gasteiger charge is 2.48. The number of benzene rings is 1. The molecule has 1 unspecified atom stereocenters. The molecule has 174 valence electrons. The first-order valence-electron chi connectivity index (χ1n) is 11.6. The maximum Gasteiger partial charge on any atom is 0.251 e. The van der Waals surface area contributed by atoms with Gasteiger partial charge < -0.3 is 24.8 Å². The van der Waals surface area contributed by atoms with Gasteiger partial charge in [-0.3, -0.25) is 14.4 Å². The smallest absolute Gasteiger partial charge is 0.251 e. The van der Waals surface area contributed by atoms with Crippen molar-refractivity contribution in [3.63, 3.8) is 0 Å². The van der Waals surface area contributed by atoms with Crippen LogP contribution in [0.2, 0.25) is 0 Å². The molecule has 3 aliphatic rings. The lowest BCUT2D eigenvalue weighted by molar-refractivity contribution is -0.138. The molecule has 3 heterocycles. The number of nitrogens with zero attached hydrogens (tertiary/aromatic N) is 3. The second-order valence-corrected chi connectivity index (χ2v) is 9.57. The summed E-state index contributed by atoms with van der Waals surface area (Å²) in [4.78, 5) is 44.8. The average Bonchev–Trinajstić information content (AvgIpc) is 3.36. The van der Waals surface area contributed by atoms with Crippen LogP contribution in [0.3, 0.4) is 0 Å². The predicted octanol–water partition coefficient (Wildman–Crippen LogP) is 1.15. The van der Waals surface area contributed by atoms with E-state index >= 15 is 0 Å². The lowest BCUT2D eigenvalue weighted by Gasteiger charge is -2.34. The number of carbonyl (C=O) groups excluding carboxylic acids is 3. The number of rotatable bonds is 6. The van der Waals surface area contributed by atoms with Gasteiger partial charge in [0, 0.05) is 44.0 Å². The van der Waals surface area contributed by atoms with Crippen LogP contribution in [0, 0.1) is 5.92 Å². The summed E-state index contributed by atoms with van der Waals surface area (Å²) < 4.78 is 5.51. The van der Waals surface area contributed by atoms with E-state index in [4.69, 9.17) is 4.74 Å². The van der Waals surface area contributed by atoms with Crippen molar-refractivity contribution >= 4 is 23.3 Å². The van der Waals surface area contributed by atoms with Crippen molar-refractivity contribution < 1.29 is 19.1 Å². The van der Waals surface area contributed by atoms with Crippen molar-refractivity contribution in [2.24, 2.45) is 5.92 Å². The van der Waals surface area contributed by atoms with Crippen LogP contribution in [0.25, 0.3) is 0 Å². The standard InChI is InChI=1S/C24H34N4O4/c1-16(2)14-19(24(31)28-9-8-21-22(28)20(29)15-32-21)25-23(30)17-4-6-18(7-5-17)27-12-10-26(3)11-13-27/h4-7,16,19,21-22H,8-15H2,1-3H3,(H,25,30)/t19?,21-,22-/m1/s1. The molecule has 3 fully saturated rings. The number of ketones is 1. The maximum atomic E-state index is 13.3. The number of carbonyl (C=O) groups is 3. The SMILES string of the molecule is CC(C)CC(NC(=O)c1ccc(N2CCN(C)CC2)cc1)C(=O)N1CC[C@H]2OCC(=O)[C@H]21. The number of Topliss-reactive ketones (excluding diaryl/α,β-unsaturated/α-hetero) is 1. The molecule has 1 N–H and O–H groups in total. The lowest BCUT2D eigenvalue weighted by atomic mass is 10.0. The molecule has 0 aliphatic carbocycles. The highest BCUT2D eigenvalue weighted by Crippen LogP contribution is 2.28. The summed E-state index contributed by atoms with van der Waals surface area (Å²) in [6.07, 6.45) is 0.981. The fraction of sp³-hybridized carbons (Fsp3) is 0.625. The summed E-state index contributed by atoms with van der Waals surface area (Å²) in [6, 6.07) is 6.42. The minimum absolute atomic E-state index is 0.0463. The normalized spacial score (nSPS) is 24.7. The third-order valence-electron chi connectivity index (χ3n) is 6.70. The van der Waals surface area contributed by atoms with Crippen molar-refractivity contribution in [1.82, 2.24) is 15.1 Å². The molecular formula is C24H34N4O4. The van der Waals surface area contributed by atoms with Gasteiger partial charge in [0.1, 0.15) is 18.7 Å². The first kappa shape index (κ1) is 22.7. The number of hydrogen-bond donors (Lipinski definition) is 1. The quantitative estimate of drug-likeness (QED) is 0.712. The number of fused-ring (bicyclic) bond motifs is 1. The van der Waals surface area contributed by atoms with Gasteiger partial charge in [-0.15, -0.1) is 0 Å². The van der Waals surface area contributed by atoms with Gasteiger partial charge >= 0.3 is 0 Å². The maximum absolute atomic E-state index is 13.3. The van der Waals surface area contributed by atoms with Gasteiger partial charge in [0.15, 0.2) is 5.78 Å². The zero-order valence-electron chi connectivity index (χ0n) is 19.3. The van der Waals surface area contributed by atoms with Crippen molar-refractivity contribution in [3.8, 4) is 0 Å². The van der Waals surface area contributed by atoms with Gasteiger partial charge in [-0.25, -0.2) is 0 Å². The number of amides is 2. The van der Waals surface area contributed by atoms with E-state index in [0.717, 1.165) is 31.9 Å². The van der Waals surface area contributed by atoms with Crippen molar-refractivity contribution in [3.05, 3.63) is 29.8 Å². The Hall–Kier alpha value is -2.45. The van der Waals surface area contributed by atoms with Crippen LogP contribution in [-0.4, -0.2) is 92.0 Å². The first-order chi connectivity index (χ1) is 15.3. The van der Waals surface area contributed by atoms with E-state index in [-0.39, 0.29) is 36.2 Å². The van der Waals surface area contributed by atoms with Crippen LogP contribution in [-0.2, 0) is 14.3 Å². The molecule has 3 atom stereocenters. The number of piperazine rings is 1. The zero-order valence-corrected chi connectivity index (χ0v) is 19.3. The van der Waals surface area contributed by atoms with Crippen LogP contribution < -0.4 is 10.2 Å². The Morgan fingerprint density at radius 3 is 2.44 bits per heavy atom. The van der Waals surface area contributed by atoms with Gasteiger partial charge in [0.2, 0.25) is 5.91 Å². The molecule has 0 radical (unpaired) electrons. The molecule has 1 aromatic carbocycles. The van der Waals surface area contributed by atoms with E-state index in [2.05, 4.69) is 22.2 Å². The van der Waals surface area contributed by atoms with Crippen LogP contribution in [0.1, 0.15) is 37.0 Å². The molecule has 0 bridgehead atoms. The summed E-state index contributed by atoms with van der Waals surface area (Å²) in [5, 5.41) is 2.94. The minimum atomic E-state index is -0.660. The zero-order chi connectivity index (χ0) is 22.8. The average molecular weight is 443 g/mol. The second-order valence-electron chi connectivity index (χ2n) is 9.57. The molecule has 32 heavy (non-hydrogen) atoms. The summed E-state index contributed by atoms with van der Waals surface area (Å²) in [5.41, 5.74) is 1.64. The Labute approximate surface area is 189 Å². The van der Waals surface area contributed by atoms with E-state index in [1.54, 1.807) is 4.90 Å². The molecule has 2 amide bonds. The minimum Gasteiger partial charge on any atom is -0.369 e. The van der Waals surface area contributed by atoms with Crippen LogP contribution in [0.15, 0.2) is 24.3 Å². The molecule has 0 saturated carbocycles. The predicted molar refractivity (Wildman–Crippen MR) is 122 cm³/mol. The van der Waals surface area contributed by atoms with E-state index in [0.29, 0.717) is 24.9 Å². The Morgan fingerprint density at radius 2 is 1.78 bits per heavy atom. The third-order valence-corrected chi connectivity index (χ3v) is 6.70. The van der Waals surface area contributed by atoms with Gasteiger partial charge in [-0.1, -0.05) is 13.8 Å². The van der Waals surface area contributed by atoms with Crippen LogP contribution >= 0.6 is 0 Å². The second kappa shape index (κ2) is 9.58. The van der Waals surface area contributed by atoms with E-state index in [9.17, 15) is 14.4 Å². The molecular weight excluding hydrogens is 408 g/mol. The summed E-state index contributed by atoms with van der Waals surface area (Å²) in [6.45, 7) is 8.58. The van der Waals surface area contributed by atoms with Gasteiger partial charge in [-0.2, -0.15) is 0 Å². The monoisotopic (exact) mass is 442 g/mol. The highest BCUT2D eigenvalue weighted by atomic mass is 16.5. The first-order valence-corrected chi connectivity index (χ1v) is 11.6. The van der Waals surface area contributed by atoms with Gasteiger partial charge in [0.05, 0.1) is 6.10 Å². The number of hydrogen-bond acceptors (Lipinski definition) is 6. The fourth-order valence-electron chi connectivity index (χ4n) is 4.86. The topological polar surface area (TPSA) is 82.2 Å². The molecule has 3 aliphatic heterocycles. The Kier molecular flexibility index (Phi) is 6.81. The Morgan fingerprint density at radius 1 is 1.09 bits per heavy atom. The molecule has 4 rings (SSSR count). The van der Waals surface area contributed by atoms with E-state index in [1.807, 2.05) is 38.1 Å². The molecule has 8 heteroatoms. The van der Waals surface area contributed by atoms with Crippen LogP contribution in [0.5, 0.6) is 0 Å². The van der Waals surface area contributed by atoms with Crippen molar-refractivity contribution in [1.29, 1.82) is 0 Å². The number of ether oxygens (including phenoxy) is 1. The number of anilines is 1. The molecule has 3 saturated heterocycles. The lowest BCUT2D eigenvalue weighted by Crippen LogP contribution is -2.52. The van der Waals surface area contributed by atoms with Gasteiger partial charge in [0.25, 0.3) is 5.91 Å². The molecule has 0 spiro atoms. The van der Waals surface area contributed by atoms with E-state index < -0.39 is 12.1 Å². The summed E-state index contributed by atoms with van der Waals surface area (Å²) in [7, 11) is 2.12. The molecule has 1 aromatic rings. The van der Waals surface area contributed by atoms with Crippen molar-refractivity contribution in [2.75, 3.05) is 51.3 Å². The summed E-state index contributed by atoms with van der Waals surface area (Å²) >= 11 is 0. The molecule has 0 aromatic heterocycles. The highest BCUT2D eigenvalue weighted by molar-refractivity contribution is 5.99. The Balaban J connectivity index is 1.42. The number of likely N-dealkylation sites (tertiary alicyclic amines) is 1. The van der Waals surface area contributed by atoms with E-state index in [1.165, 1.54) is 0 Å². The summed E-state index contributed by atoms with van der Waals surface area (Å²) in [5.74, 6) is -0.279.